The molecule has 0 saturated carbocycles. The highest BCUT2D eigenvalue weighted by Crippen LogP contribution is 2.14. The van der Waals surface area contributed by atoms with E-state index in [1.165, 1.54) is 0 Å². The minimum atomic E-state index is -0.191. The van der Waals surface area contributed by atoms with E-state index in [1.807, 2.05) is 6.92 Å². The lowest BCUT2D eigenvalue weighted by atomic mass is 10.1. The van der Waals surface area contributed by atoms with E-state index in [2.05, 4.69) is 10.2 Å². The summed E-state index contributed by atoms with van der Waals surface area (Å²) < 4.78 is 5.48. The van der Waals surface area contributed by atoms with Gasteiger partial charge in [0.05, 0.1) is 18.2 Å². The Bertz CT molecular complexity index is 271. The monoisotopic (exact) mass is 256 g/mol. The number of aliphatic hydroxyl groups excluding tert-OH is 1. The molecular formula is C13H24N2O3. The lowest BCUT2D eigenvalue weighted by Gasteiger charge is -2.33. The number of nitrogens with zero attached hydrogens (tertiary/aromatic N) is 1. The summed E-state index contributed by atoms with van der Waals surface area (Å²) in [5.41, 5.74) is 0. The van der Waals surface area contributed by atoms with Crippen molar-refractivity contribution < 1.29 is 14.6 Å². The Labute approximate surface area is 108 Å². The number of piperidine rings is 1. The van der Waals surface area contributed by atoms with Gasteiger partial charge < -0.3 is 15.2 Å². The van der Waals surface area contributed by atoms with Crippen LogP contribution in [0.15, 0.2) is 0 Å². The second kappa shape index (κ2) is 6.50. The van der Waals surface area contributed by atoms with Crippen molar-refractivity contribution in [1.82, 2.24) is 10.2 Å². The van der Waals surface area contributed by atoms with Crippen molar-refractivity contribution in [1.29, 1.82) is 0 Å². The Kier molecular flexibility index (Phi) is 4.97. The zero-order valence-electron chi connectivity index (χ0n) is 11.1. The second-order valence-electron chi connectivity index (χ2n) is 5.32. The van der Waals surface area contributed by atoms with Gasteiger partial charge in [-0.15, -0.1) is 0 Å². The Balaban J connectivity index is 1.70. The van der Waals surface area contributed by atoms with Crippen molar-refractivity contribution >= 4 is 5.91 Å². The van der Waals surface area contributed by atoms with Gasteiger partial charge in [0.25, 0.3) is 0 Å². The molecule has 18 heavy (non-hydrogen) atoms. The van der Waals surface area contributed by atoms with Crippen LogP contribution in [0.2, 0.25) is 0 Å². The highest BCUT2D eigenvalue weighted by atomic mass is 16.5. The molecule has 0 aromatic carbocycles. The number of hydrogen-bond acceptors (Lipinski definition) is 4. The molecule has 0 aromatic rings. The molecule has 5 heteroatoms. The van der Waals surface area contributed by atoms with Crippen molar-refractivity contribution in [2.45, 2.75) is 50.9 Å². The van der Waals surface area contributed by atoms with E-state index in [9.17, 15) is 9.90 Å². The van der Waals surface area contributed by atoms with Crippen LogP contribution in [-0.2, 0) is 9.53 Å². The highest BCUT2D eigenvalue weighted by molar-refractivity contribution is 5.81. The van der Waals surface area contributed by atoms with Crippen LogP contribution in [0.4, 0.5) is 0 Å². The molecule has 2 atom stereocenters. The summed E-state index contributed by atoms with van der Waals surface area (Å²) in [4.78, 5) is 14.1. The van der Waals surface area contributed by atoms with Gasteiger partial charge in [0.15, 0.2) is 0 Å². The molecular weight excluding hydrogens is 232 g/mol. The zero-order valence-corrected chi connectivity index (χ0v) is 11.1. The maximum atomic E-state index is 12.0. The predicted octanol–water partition coefficient (Wildman–Crippen LogP) is 0.127. The third-order valence-corrected chi connectivity index (χ3v) is 3.95. The summed E-state index contributed by atoms with van der Waals surface area (Å²) in [7, 11) is 0. The smallest absolute Gasteiger partial charge is 0.237 e. The lowest BCUT2D eigenvalue weighted by Crippen LogP contribution is -2.50. The van der Waals surface area contributed by atoms with Crippen LogP contribution in [0.1, 0.15) is 32.6 Å². The van der Waals surface area contributed by atoms with Crippen LogP contribution in [-0.4, -0.2) is 60.4 Å². The van der Waals surface area contributed by atoms with Gasteiger partial charge in [-0.2, -0.15) is 0 Å². The van der Waals surface area contributed by atoms with Crippen molar-refractivity contribution in [3.8, 4) is 0 Å². The third kappa shape index (κ3) is 3.67. The first-order valence-corrected chi connectivity index (χ1v) is 6.98. The number of nitrogens with one attached hydrogen (secondary N) is 1. The summed E-state index contributed by atoms with van der Waals surface area (Å²) in [6.45, 7) is 4.98. The number of hydrogen-bond donors (Lipinski definition) is 2. The van der Waals surface area contributed by atoms with E-state index in [-0.39, 0.29) is 24.2 Å². The van der Waals surface area contributed by atoms with Gasteiger partial charge >= 0.3 is 0 Å². The molecule has 5 nitrogen and oxygen atoms in total. The molecule has 104 valence electrons. The molecule has 2 fully saturated rings. The van der Waals surface area contributed by atoms with Gasteiger partial charge in [-0.3, -0.25) is 9.69 Å². The van der Waals surface area contributed by atoms with E-state index >= 15 is 0 Å². The fourth-order valence-electron chi connectivity index (χ4n) is 2.61. The highest BCUT2D eigenvalue weighted by Gasteiger charge is 2.26. The van der Waals surface area contributed by atoms with E-state index in [0.717, 1.165) is 45.4 Å². The van der Waals surface area contributed by atoms with Crippen LogP contribution in [0.5, 0.6) is 0 Å². The van der Waals surface area contributed by atoms with E-state index in [4.69, 9.17) is 4.74 Å². The molecule has 0 bridgehead atoms. The van der Waals surface area contributed by atoms with Crippen molar-refractivity contribution in [2.24, 2.45) is 0 Å². The van der Waals surface area contributed by atoms with Gasteiger partial charge in [-0.25, -0.2) is 0 Å². The second-order valence-corrected chi connectivity index (χ2v) is 5.32. The molecule has 2 aliphatic heterocycles. The molecule has 2 rings (SSSR count). The van der Waals surface area contributed by atoms with E-state index in [1.54, 1.807) is 0 Å². The fourth-order valence-corrected chi connectivity index (χ4v) is 2.61. The maximum absolute atomic E-state index is 12.0. The molecule has 1 amide bonds. The zero-order chi connectivity index (χ0) is 13.0. The number of aliphatic hydroxyl groups is 1. The Morgan fingerprint density at radius 1 is 1.44 bits per heavy atom. The van der Waals surface area contributed by atoms with Crippen molar-refractivity contribution in [3.05, 3.63) is 0 Å². The first-order valence-electron chi connectivity index (χ1n) is 6.98. The molecule has 2 unspecified atom stereocenters. The number of likely N-dealkylation sites (tertiary alicyclic amines) is 1. The summed E-state index contributed by atoms with van der Waals surface area (Å²) in [5, 5.41) is 12.4. The summed E-state index contributed by atoms with van der Waals surface area (Å²) in [6, 6.07) is -0.112. The van der Waals surface area contributed by atoms with E-state index in [0.29, 0.717) is 6.54 Å². The first kappa shape index (κ1) is 13.8. The summed E-state index contributed by atoms with van der Waals surface area (Å²) >= 11 is 0. The Morgan fingerprint density at radius 2 is 2.17 bits per heavy atom. The number of carbonyl (C=O) groups is 1. The lowest BCUT2D eigenvalue weighted by molar-refractivity contribution is -0.127. The molecule has 2 saturated heterocycles. The van der Waals surface area contributed by atoms with Crippen molar-refractivity contribution in [2.75, 3.05) is 26.2 Å². The van der Waals surface area contributed by atoms with Crippen molar-refractivity contribution in [3.63, 3.8) is 0 Å². The molecule has 0 spiro atoms. The number of amides is 1. The molecule has 0 aromatic heterocycles. The first-order chi connectivity index (χ1) is 8.66. The number of carbonyl (C=O) groups excluding carboxylic acids is 1. The van der Waals surface area contributed by atoms with Crippen LogP contribution in [0, 0.1) is 0 Å². The summed E-state index contributed by atoms with van der Waals surface area (Å²) in [5.74, 6) is 0.0712. The minimum Gasteiger partial charge on any atom is -0.393 e. The quantitative estimate of drug-likeness (QED) is 0.750. The topological polar surface area (TPSA) is 61.8 Å². The van der Waals surface area contributed by atoms with Gasteiger partial charge in [-0.05, 0) is 32.6 Å². The Hall–Kier alpha value is -0.650. The molecule has 2 N–H and O–H groups in total. The Morgan fingerprint density at radius 3 is 2.78 bits per heavy atom. The normalized spacial score (nSPS) is 28.2. The molecule has 0 radical (unpaired) electrons. The van der Waals surface area contributed by atoms with Crippen LogP contribution in [0.25, 0.3) is 0 Å². The minimum absolute atomic E-state index is 0.0712. The molecule has 2 heterocycles. The average Bonchev–Trinajstić information content (AvgIpc) is 2.89. The van der Waals surface area contributed by atoms with Gasteiger partial charge in [-0.1, -0.05) is 0 Å². The molecule has 0 aliphatic carbocycles. The van der Waals surface area contributed by atoms with Gasteiger partial charge in [0, 0.05) is 26.2 Å². The number of rotatable bonds is 4. The third-order valence-electron chi connectivity index (χ3n) is 3.95. The molecule has 2 aliphatic rings. The largest absolute Gasteiger partial charge is 0.393 e. The standard InChI is InChI=1S/C13H24N2O3/c1-10(15-6-4-11(16)5-7-15)13(17)14-9-12-3-2-8-18-12/h10-12,16H,2-9H2,1H3,(H,14,17). The van der Waals surface area contributed by atoms with Gasteiger partial charge in [0.1, 0.15) is 0 Å². The fraction of sp³-hybridized carbons (Fsp3) is 0.923. The maximum Gasteiger partial charge on any atom is 0.237 e. The van der Waals surface area contributed by atoms with E-state index < -0.39 is 0 Å². The number of ether oxygens (including phenoxy) is 1. The SMILES string of the molecule is CC(C(=O)NCC1CCCO1)N1CCC(O)CC1. The van der Waals surface area contributed by atoms with Crippen LogP contribution < -0.4 is 5.32 Å². The van der Waals surface area contributed by atoms with Gasteiger partial charge in [0.2, 0.25) is 5.91 Å². The average molecular weight is 256 g/mol. The van der Waals surface area contributed by atoms with Crippen LogP contribution >= 0.6 is 0 Å². The summed E-state index contributed by atoms with van der Waals surface area (Å²) in [6.07, 6.45) is 3.69. The van der Waals surface area contributed by atoms with Crippen LogP contribution in [0.3, 0.4) is 0 Å². The predicted molar refractivity (Wildman–Crippen MR) is 68.3 cm³/mol.